The number of hydrogen-bond donors (Lipinski definition) is 1. The number of thiophene rings is 1. The van der Waals surface area contributed by atoms with Crippen LogP contribution in [0, 0.1) is 17.3 Å². The zero-order valence-electron chi connectivity index (χ0n) is 16.2. The molecule has 2 rings (SSSR count). The smallest absolute Gasteiger partial charge is 0.346 e. The molecular weight excluding hydrogens is 415 g/mol. The molecule has 0 bridgehead atoms. The quantitative estimate of drug-likeness (QED) is 0.394. The maximum atomic E-state index is 12.8. The molecule has 1 unspecified atom stereocenters. The van der Waals surface area contributed by atoms with E-state index in [1.807, 2.05) is 27.7 Å². The molecule has 0 aliphatic rings. The Balaban J connectivity index is 2.36. The van der Waals surface area contributed by atoms with Gasteiger partial charge in [0.2, 0.25) is 0 Å². The van der Waals surface area contributed by atoms with Crippen molar-refractivity contribution in [3.8, 4) is 11.8 Å². The van der Waals surface area contributed by atoms with Crippen LogP contribution in [0.15, 0.2) is 24.3 Å². The van der Waals surface area contributed by atoms with Crippen LogP contribution in [0.4, 0.5) is 0 Å². The molecule has 148 valence electrons. The molecular formula is C22H22Cl2O3S. The third-order valence-electron chi connectivity index (χ3n) is 4.11. The van der Waals surface area contributed by atoms with Gasteiger partial charge in [-0.3, -0.25) is 4.79 Å². The Hall–Kier alpha value is -1.80. The minimum atomic E-state index is -1.00. The second-order valence-corrected chi connectivity index (χ2v) is 9.45. The topological polar surface area (TPSA) is 54.4 Å². The van der Waals surface area contributed by atoms with Crippen molar-refractivity contribution in [2.75, 3.05) is 0 Å². The lowest BCUT2D eigenvalue weighted by Crippen LogP contribution is -2.10. The van der Waals surface area contributed by atoms with E-state index in [2.05, 4.69) is 11.8 Å². The highest BCUT2D eigenvalue weighted by Gasteiger charge is 2.25. The second kappa shape index (κ2) is 9.13. The summed E-state index contributed by atoms with van der Waals surface area (Å²) in [6.45, 7) is 7.92. The molecule has 0 amide bonds. The van der Waals surface area contributed by atoms with E-state index >= 15 is 0 Å². The standard InChI is InChI=1S/C22H22Cl2O3S/c1-5-13(10-19(25)16-7-6-14(23)11-18(16)24)17-12-15(8-9-22(2,3)4)28-20(17)21(26)27/h6-7,11-13H,5,10H2,1-4H3,(H,26,27). The molecule has 1 atom stereocenters. The third-order valence-corrected chi connectivity index (χ3v) is 5.71. The Morgan fingerprint density at radius 3 is 2.43 bits per heavy atom. The van der Waals surface area contributed by atoms with E-state index in [1.54, 1.807) is 18.2 Å². The van der Waals surface area contributed by atoms with Crippen molar-refractivity contribution in [1.29, 1.82) is 0 Å². The molecule has 1 aromatic heterocycles. The first-order valence-electron chi connectivity index (χ1n) is 8.90. The van der Waals surface area contributed by atoms with Crippen molar-refractivity contribution in [1.82, 2.24) is 0 Å². The van der Waals surface area contributed by atoms with Gasteiger partial charge >= 0.3 is 5.97 Å². The summed E-state index contributed by atoms with van der Waals surface area (Å²) >= 11 is 13.2. The molecule has 0 fully saturated rings. The number of rotatable bonds is 6. The van der Waals surface area contributed by atoms with Gasteiger partial charge in [0.05, 0.1) is 9.90 Å². The molecule has 0 aliphatic carbocycles. The zero-order chi connectivity index (χ0) is 21.1. The predicted molar refractivity (Wildman–Crippen MR) is 116 cm³/mol. The van der Waals surface area contributed by atoms with Crippen LogP contribution in [-0.2, 0) is 0 Å². The van der Waals surface area contributed by atoms with Crippen molar-refractivity contribution in [2.24, 2.45) is 5.41 Å². The first-order chi connectivity index (χ1) is 13.0. The lowest BCUT2D eigenvalue weighted by molar-refractivity contribution is 0.0699. The van der Waals surface area contributed by atoms with Crippen LogP contribution in [0.3, 0.4) is 0 Å². The first-order valence-corrected chi connectivity index (χ1v) is 10.5. The molecule has 0 saturated heterocycles. The minimum absolute atomic E-state index is 0.140. The van der Waals surface area contributed by atoms with Gasteiger partial charge in [-0.05, 0) is 62.9 Å². The number of carbonyl (C=O) groups is 2. The second-order valence-electron chi connectivity index (χ2n) is 7.56. The largest absolute Gasteiger partial charge is 0.477 e. The lowest BCUT2D eigenvalue weighted by atomic mass is 9.89. The molecule has 2 aromatic rings. The lowest BCUT2D eigenvalue weighted by Gasteiger charge is -2.14. The third kappa shape index (κ3) is 5.85. The Morgan fingerprint density at radius 2 is 1.89 bits per heavy atom. The Kier molecular flexibility index (Phi) is 7.33. The number of Topliss-reactive ketones (excluding diaryl/α,β-unsaturated/α-hetero) is 1. The van der Waals surface area contributed by atoms with E-state index < -0.39 is 5.97 Å². The van der Waals surface area contributed by atoms with Crippen molar-refractivity contribution in [2.45, 2.75) is 46.5 Å². The van der Waals surface area contributed by atoms with Crippen LogP contribution >= 0.6 is 34.5 Å². The highest BCUT2D eigenvalue weighted by atomic mass is 35.5. The fourth-order valence-electron chi connectivity index (χ4n) is 2.71. The van der Waals surface area contributed by atoms with E-state index in [0.717, 1.165) is 11.3 Å². The van der Waals surface area contributed by atoms with Gasteiger partial charge in [-0.25, -0.2) is 4.79 Å². The first kappa shape index (κ1) is 22.5. The zero-order valence-corrected chi connectivity index (χ0v) is 18.6. The SMILES string of the molecule is CCC(CC(=O)c1ccc(Cl)cc1Cl)c1cc(C#CC(C)(C)C)sc1C(=O)O. The number of ketones is 1. The van der Waals surface area contributed by atoms with Gasteiger partial charge in [0.15, 0.2) is 5.78 Å². The molecule has 6 heteroatoms. The highest BCUT2D eigenvalue weighted by Crippen LogP contribution is 2.34. The van der Waals surface area contributed by atoms with Crippen LogP contribution in [-0.4, -0.2) is 16.9 Å². The van der Waals surface area contributed by atoms with E-state index in [1.165, 1.54) is 6.07 Å². The molecule has 28 heavy (non-hydrogen) atoms. The Bertz CT molecular complexity index is 958. The molecule has 0 radical (unpaired) electrons. The molecule has 1 aromatic carbocycles. The summed E-state index contributed by atoms with van der Waals surface area (Å²) in [7, 11) is 0. The monoisotopic (exact) mass is 436 g/mol. The van der Waals surface area contributed by atoms with Crippen LogP contribution in [0.5, 0.6) is 0 Å². The summed E-state index contributed by atoms with van der Waals surface area (Å²) in [5.41, 5.74) is 0.861. The van der Waals surface area contributed by atoms with E-state index in [-0.39, 0.29) is 28.4 Å². The van der Waals surface area contributed by atoms with Crippen molar-refractivity contribution in [3.63, 3.8) is 0 Å². The number of hydrogen-bond acceptors (Lipinski definition) is 3. The normalized spacial score (nSPS) is 12.2. The molecule has 0 spiro atoms. The van der Waals surface area contributed by atoms with Gasteiger partial charge in [0, 0.05) is 22.4 Å². The number of benzene rings is 1. The maximum absolute atomic E-state index is 12.8. The molecule has 1 N–H and O–H groups in total. The van der Waals surface area contributed by atoms with Crippen molar-refractivity contribution < 1.29 is 14.7 Å². The van der Waals surface area contributed by atoms with Crippen LogP contribution in [0.25, 0.3) is 0 Å². The number of aromatic carboxylic acids is 1. The van der Waals surface area contributed by atoms with Crippen molar-refractivity contribution >= 4 is 46.3 Å². The summed E-state index contributed by atoms with van der Waals surface area (Å²) in [6.07, 6.45) is 0.793. The fraction of sp³-hybridized carbons (Fsp3) is 0.364. The van der Waals surface area contributed by atoms with Gasteiger partial charge < -0.3 is 5.11 Å². The van der Waals surface area contributed by atoms with Gasteiger partial charge in [-0.1, -0.05) is 42.0 Å². The van der Waals surface area contributed by atoms with Crippen LogP contribution in [0.1, 0.15) is 76.9 Å². The molecule has 0 aliphatic heterocycles. The van der Waals surface area contributed by atoms with E-state index in [4.69, 9.17) is 23.2 Å². The van der Waals surface area contributed by atoms with Crippen LogP contribution < -0.4 is 0 Å². The average Bonchev–Trinajstić information content (AvgIpc) is 3.01. The Morgan fingerprint density at radius 1 is 1.21 bits per heavy atom. The van der Waals surface area contributed by atoms with Gasteiger partial charge in [-0.15, -0.1) is 11.3 Å². The predicted octanol–water partition coefficient (Wildman–Crippen LogP) is 6.92. The van der Waals surface area contributed by atoms with Crippen LogP contribution in [0.2, 0.25) is 10.0 Å². The van der Waals surface area contributed by atoms with E-state index in [9.17, 15) is 14.7 Å². The fourth-order valence-corrected chi connectivity index (χ4v) is 4.16. The number of carbonyl (C=O) groups excluding carboxylic acids is 1. The number of carboxylic acids is 1. The maximum Gasteiger partial charge on any atom is 0.346 e. The summed E-state index contributed by atoms with van der Waals surface area (Å²) in [4.78, 5) is 25.4. The summed E-state index contributed by atoms with van der Waals surface area (Å²) in [5.74, 6) is 4.82. The molecule has 1 heterocycles. The summed E-state index contributed by atoms with van der Waals surface area (Å²) in [6, 6.07) is 6.56. The summed E-state index contributed by atoms with van der Waals surface area (Å²) in [5, 5.41) is 10.4. The van der Waals surface area contributed by atoms with E-state index in [0.29, 0.717) is 32.5 Å². The van der Waals surface area contributed by atoms with Gasteiger partial charge in [-0.2, -0.15) is 0 Å². The minimum Gasteiger partial charge on any atom is -0.477 e. The van der Waals surface area contributed by atoms with Crippen molar-refractivity contribution in [3.05, 3.63) is 55.2 Å². The van der Waals surface area contributed by atoms with Gasteiger partial charge in [0.25, 0.3) is 0 Å². The number of carboxylic acid groups (broad SMARTS) is 1. The molecule has 0 saturated carbocycles. The average molecular weight is 437 g/mol. The highest BCUT2D eigenvalue weighted by molar-refractivity contribution is 7.14. The molecule has 3 nitrogen and oxygen atoms in total. The summed E-state index contributed by atoms with van der Waals surface area (Å²) < 4.78 is 0. The number of halogens is 2. The van der Waals surface area contributed by atoms with Gasteiger partial charge in [0.1, 0.15) is 4.88 Å². The Labute approximate surface area is 179 Å².